The van der Waals surface area contributed by atoms with Crippen molar-refractivity contribution in [3.8, 4) is 0 Å². The first kappa shape index (κ1) is 14.8. The second-order valence-corrected chi connectivity index (χ2v) is 4.52. The van der Waals surface area contributed by atoms with Crippen molar-refractivity contribution in [2.75, 3.05) is 13.7 Å². The maximum atomic E-state index is 12.9. The van der Waals surface area contributed by atoms with Gasteiger partial charge in [-0.25, -0.2) is 9.18 Å². The molecule has 0 saturated carbocycles. The topological polar surface area (TPSA) is 75.6 Å². The Morgan fingerprint density at radius 3 is 2.72 bits per heavy atom. The molecule has 18 heavy (non-hydrogen) atoms. The van der Waals surface area contributed by atoms with E-state index in [2.05, 4.69) is 10.1 Å². The second-order valence-electron chi connectivity index (χ2n) is 3.36. The first-order chi connectivity index (χ1) is 8.49. The Kier molecular flexibility index (Phi) is 5.48. The predicted molar refractivity (Wildman–Crippen MR) is 69.5 cm³/mol. The summed E-state index contributed by atoms with van der Waals surface area (Å²) >= 11 is 1.81. The van der Waals surface area contributed by atoms with E-state index in [4.69, 9.17) is 5.11 Å². The lowest BCUT2D eigenvalue weighted by atomic mass is 10.2. The normalized spacial score (nSPS) is 11.8. The summed E-state index contributed by atoms with van der Waals surface area (Å²) in [5.41, 5.74) is 0.222. The highest BCUT2D eigenvalue weighted by Gasteiger charge is 2.22. The van der Waals surface area contributed by atoms with Crippen molar-refractivity contribution < 1.29 is 23.8 Å². The number of aliphatic hydroxyl groups is 1. The molecule has 1 atom stereocenters. The Labute approximate surface area is 116 Å². The zero-order chi connectivity index (χ0) is 13.7. The number of ether oxygens (including phenoxy) is 1. The average molecular weight is 367 g/mol. The molecule has 0 aromatic heterocycles. The highest BCUT2D eigenvalue weighted by molar-refractivity contribution is 14.1. The number of aliphatic hydroxyl groups excluding tert-OH is 1. The number of esters is 1. The number of rotatable bonds is 4. The van der Waals surface area contributed by atoms with Crippen LogP contribution in [0.1, 0.15) is 10.4 Å². The highest BCUT2D eigenvalue weighted by atomic mass is 127. The summed E-state index contributed by atoms with van der Waals surface area (Å²) in [6, 6.07) is 2.51. The summed E-state index contributed by atoms with van der Waals surface area (Å²) in [4.78, 5) is 23.0. The first-order valence-corrected chi connectivity index (χ1v) is 6.02. The molecule has 1 aromatic rings. The Hall–Kier alpha value is -1.22. The van der Waals surface area contributed by atoms with Gasteiger partial charge in [0.25, 0.3) is 5.91 Å². The van der Waals surface area contributed by atoms with E-state index in [1.807, 2.05) is 22.6 Å². The quantitative estimate of drug-likeness (QED) is 0.607. The molecule has 0 saturated heterocycles. The molecule has 0 aliphatic heterocycles. The fourth-order valence-electron chi connectivity index (χ4n) is 1.23. The van der Waals surface area contributed by atoms with E-state index < -0.39 is 30.3 Å². The molecule has 1 unspecified atom stereocenters. The molecule has 5 nitrogen and oxygen atoms in total. The lowest BCUT2D eigenvalue weighted by Gasteiger charge is -2.14. The van der Waals surface area contributed by atoms with Gasteiger partial charge in [0.15, 0.2) is 6.04 Å². The molecular weight excluding hydrogens is 356 g/mol. The van der Waals surface area contributed by atoms with Gasteiger partial charge in [-0.2, -0.15) is 0 Å². The summed E-state index contributed by atoms with van der Waals surface area (Å²) < 4.78 is 17.7. The van der Waals surface area contributed by atoms with Crippen LogP contribution in [0.15, 0.2) is 18.2 Å². The van der Waals surface area contributed by atoms with E-state index in [0.717, 1.165) is 13.2 Å². The van der Waals surface area contributed by atoms with Gasteiger partial charge in [-0.05, 0) is 40.8 Å². The number of carbonyl (C=O) groups excluding carboxylic acids is 2. The van der Waals surface area contributed by atoms with E-state index in [1.54, 1.807) is 0 Å². The van der Waals surface area contributed by atoms with Crippen molar-refractivity contribution in [3.63, 3.8) is 0 Å². The highest BCUT2D eigenvalue weighted by Crippen LogP contribution is 2.14. The fraction of sp³-hybridized carbons (Fsp3) is 0.273. The van der Waals surface area contributed by atoms with Crippen LogP contribution in [0.4, 0.5) is 4.39 Å². The van der Waals surface area contributed by atoms with Crippen molar-refractivity contribution >= 4 is 34.5 Å². The zero-order valence-electron chi connectivity index (χ0n) is 9.44. The van der Waals surface area contributed by atoms with Crippen LogP contribution >= 0.6 is 22.6 Å². The number of carbonyl (C=O) groups is 2. The van der Waals surface area contributed by atoms with Gasteiger partial charge in [0.1, 0.15) is 5.82 Å². The van der Waals surface area contributed by atoms with E-state index >= 15 is 0 Å². The molecule has 0 bridgehead atoms. The van der Waals surface area contributed by atoms with Gasteiger partial charge in [0, 0.05) is 3.57 Å². The van der Waals surface area contributed by atoms with Gasteiger partial charge in [0.05, 0.1) is 19.3 Å². The van der Waals surface area contributed by atoms with Gasteiger partial charge >= 0.3 is 5.97 Å². The molecule has 0 aliphatic carbocycles. The molecule has 2 N–H and O–H groups in total. The molecule has 0 spiro atoms. The summed E-state index contributed by atoms with van der Waals surface area (Å²) in [6.07, 6.45) is 0. The van der Waals surface area contributed by atoms with E-state index in [-0.39, 0.29) is 5.56 Å². The van der Waals surface area contributed by atoms with Gasteiger partial charge < -0.3 is 15.2 Å². The van der Waals surface area contributed by atoms with Crippen molar-refractivity contribution in [1.82, 2.24) is 5.32 Å². The van der Waals surface area contributed by atoms with Crippen LogP contribution in [-0.2, 0) is 9.53 Å². The molecular formula is C11H11FINO4. The summed E-state index contributed by atoms with van der Waals surface area (Å²) in [7, 11) is 1.15. The second kappa shape index (κ2) is 6.64. The third-order valence-corrected chi connectivity index (χ3v) is 3.04. The molecule has 98 valence electrons. The van der Waals surface area contributed by atoms with Gasteiger partial charge in [-0.3, -0.25) is 4.79 Å². The van der Waals surface area contributed by atoms with Gasteiger partial charge in [-0.15, -0.1) is 0 Å². The number of benzene rings is 1. The molecule has 0 fully saturated rings. The zero-order valence-corrected chi connectivity index (χ0v) is 11.6. The van der Waals surface area contributed by atoms with Crippen LogP contribution in [0, 0.1) is 9.39 Å². The van der Waals surface area contributed by atoms with Crippen molar-refractivity contribution in [2.45, 2.75) is 6.04 Å². The van der Waals surface area contributed by atoms with Crippen LogP contribution in [0.25, 0.3) is 0 Å². The Balaban J connectivity index is 2.84. The minimum Gasteiger partial charge on any atom is -0.467 e. The Morgan fingerprint density at radius 2 is 2.22 bits per heavy atom. The van der Waals surface area contributed by atoms with Crippen LogP contribution in [0.2, 0.25) is 0 Å². The monoisotopic (exact) mass is 367 g/mol. The van der Waals surface area contributed by atoms with E-state index in [9.17, 15) is 14.0 Å². The van der Waals surface area contributed by atoms with Crippen molar-refractivity contribution in [2.24, 2.45) is 0 Å². The standard InChI is InChI=1S/C11H11FINO4/c1-18-11(17)9(5-15)14-10(16)7-3-2-6(12)4-8(7)13/h2-4,9,15H,5H2,1H3,(H,14,16). The molecule has 7 heteroatoms. The Bertz CT molecular complexity index is 466. The van der Waals surface area contributed by atoms with Gasteiger partial charge in [-0.1, -0.05) is 0 Å². The third kappa shape index (κ3) is 3.64. The van der Waals surface area contributed by atoms with Crippen LogP contribution in [0.3, 0.4) is 0 Å². The fourth-order valence-corrected chi connectivity index (χ4v) is 1.95. The maximum Gasteiger partial charge on any atom is 0.330 e. The van der Waals surface area contributed by atoms with Crippen molar-refractivity contribution in [3.05, 3.63) is 33.1 Å². The van der Waals surface area contributed by atoms with E-state index in [0.29, 0.717) is 3.57 Å². The average Bonchev–Trinajstić information content (AvgIpc) is 2.34. The molecule has 0 heterocycles. The molecule has 0 aliphatic rings. The summed E-state index contributed by atoms with van der Waals surface area (Å²) in [5.74, 6) is -1.78. The number of nitrogens with one attached hydrogen (secondary N) is 1. The van der Waals surface area contributed by atoms with E-state index in [1.165, 1.54) is 12.1 Å². The smallest absolute Gasteiger partial charge is 0.330 e. The molecule has 0 radical (unpaired) electrons. The van der Waals surface area contributed by atoms with Crippen molar-refractivity contribution in [1.29, 1.82) is 0 Å². The predicted octanol–water partition coefficient (Wildman–Crippen LogP) is 0.694. The molecule has 1 rings (SSSR count). The first-order valence-electron chi connectivity index (χ1n) is 4.94. The van der Waals surface area contributed by atoms with Crippen LogP contribution in [0.5, 0.6) is 0 Å². The number of methoxy groups -OCH3 is 1. The van der Waals surface area contributed by atoms with Crippen LogP contribution < -0.4 is 5.32 Å². The maximum absolute atomic E-state index is 12.9. The largest absolute Gasteiger partial charge is 0.467 e. The third-order valence-electron chi connectivity index (χ3n) is 2.15. The summed E-state index contributed by atoms with van der Waals surface area (Å²) in [5, 5.41) is 11.3. The van der Waals surface area contributed by atoms with Gasteiger partial charge in [0.2, 0.25) is 0 Å². The number of hydrogen-bond acceptors (Lipinski definition) is 4. The minimum absolute atomic E-state index is 0.222. The minimum atomic E-state index is -1.14. The lowest BCUT2D eigenvalue weighted by Crippen LogP contribution is -2.44. The number of amides is 1. The summed E-state index contributed by atoms with van der Waals surface area (Å²) in [6.45, 7) is -0.573. The SMILES string of the molecule is COC(=O)C(CO)NC(=O)c1ccc(F)cc1I. The number of halogens is 2. The Morgan fingerprint density at radius 1 is 1.56 bits per heavy atom. The number of hydrogen-bond donors (Lipinski definition) is 2. The van der Waals surface area contributed by atoms with Crippen LogP contribution in [-0.4, -0.2) is 36.7 Å². The molecule has 1 amide bonds. The molecule has 1 aromatic carbocycles. The lowest BCUT2D eigenvalue weighted by molar-refractivity contribution is -0.143.